The summed E-state index contributed by atoms with van der Waals surface area (Å²) < 4.78 is 10.7. The van der Waals surface area contributed by atoms with Gasteiger partial charge in [-0.25, -0.2) is 0 Å². The molecule has 0 bridgehead atoms. The van der Waals surface area contributed by atoms with Crippen LogP contribution in [0.5, 0.6) is 11.5 Å². The molecule has 2 N–H and O–H groups in total. The normalized spacial score (nSPS) is 10.3. The number of pyridine rings is 1. The Morgan fingerprint density at radius 3 is 2.32 bits per heavy atom. The predicted molar refractivity (Wildman–Crippen MR) is 88.5 cm³/mol. The van der Waals surface area contributed by atoms with Gasteiger partial charge in [-0.1, -0.05) is 18.2 Å². The minimum atomic E-state index is 0.663. The van der Waals surface area contributed by atoms with E-state index in [1.54, 1.807) is 20.4 Å². The fraction of sp³-hybridized carbons (Fsp3) is 0.118. The summed E-state index contributed by atoms with van der Waals surface area (Å²) >= 11 is 0. The van der Waals surface area contributed by atoms with Crippen molar-refractivity contribution < 1.29 is 9.47 Å². The van der Waals surface area contributed by atoms with Crippen molar-refractivity contribution in [1.29, 1.82) is 0 Å². The number of hydrogen-bond acceptors (Lipinski definition) is 5. The topological polar surface area (TPSA) is 55.4 Å². The summed E-state index contributed by atoms with van der Waals surface area (Å²) in [6, 6.07) is 15.6. The van der Waals surface area contributed by atoms with Crippen LogP contribution in [0.3, 0.4) is 0 Å². The summed E-state index contributed by atoms with van der Waals surface area (Å²) in [6.07, 6.45) is 1.75. The Kier molecular flexibility index (Phi) is 3.96. The average molecular weight is 295 g/mol. The molecule has 0 amide bonds. The number of hydrazine groups is 1. The van der Waals surface area contributed by atoms with Crippen molar-refractivity contribution in [1.82, 2.24) is 4.98 Å². The first-order chi connectivity index (χ1) is 10.8. The first kappa shape index (κ1) is 14.0. The third-order valence-corrected chi connectivity index (χ3v) is 3.36. The van der Waals surface area contributed by atoms with E-state index in [1.807, 2.05) is 48.5 Å². The van der Waals surface area contributed by atoms with Gasteiger partial charge >= 0.3 is 0 Å². The molecule has 0 radical (unpaired) electrons. The summed E-state index contributed by atoms with van der Waals surface area (Å²) in [5.41, 5.74) is 9.10. The van der Waals surface area contributed by atoms with Gasteiger partial charge in [0.1, 0.15) is 0 Å². The van der Waals surface area contributed by atoms with Crippen LogP contribution in [-0.2, 0) is 0 Å². The maximum atomic E-state index is 5.36. The van der Waals surface area contributed by atoms with E-state index in [4.69, 9.17) is 9.47 Å². The SMILES string of the molecule is COc1cc2nccc(NNc3ccccc3)c2cc1OC. The van der Waals surface area contributed by atoms with Crippen molar-refractivity contribution in [3.05, 3.63) is 54.7 Å². The molecular formula is C17H17N3O2. The molecule has 2 aromatic carbocycles. The van der Waals surface area contributed by atoms with Crippen molar-refractivity contribution in [3.8, 4) is 11.5 Å². The average Bonchev–Trinajstić information content (AvgIpc) is 2.59. The van der Waals surface area contributed by atoms with E-state index in [0.717, 1.165) is 22.3 Å². The summed E-state index contributed by atoms with van der Waals surface area (Å²) in [5.74, 6) is 1.33. The highest BCUT2D eigenvalue weighted by Gasteiger charge is 2.09. The van der Waals surface area contributed by atoms with E-state index in [1.165, 1.54) is 0 Å². The number of nitrogens with one attached hydrogen (secondary N) is 2. The fourth-order valence-electron chi connectivity index (χ4n) is 2.24. The van der Waals surface area contributed by atoms with Crippen LogP contribution in [0.25, 0.3) is 10.9 Å². The number of fused-ring (bicyclic) bond motifs is 1. The van der Waals surface area contributed by atoms with Gasteiger partial charge < -0.3 is 20.3 Å². The zero-order valence-electron chi connectivity index (χ0n) is 12.5. The molecule has 0 saturated heterocycles. The Bertz CT molecular complexity index is 775. The van der Waals surface area contributed by atoms with Crippen LogP contribution in [0.4, 0.5) is 11.4 Å². The summed E-state index contributed by atoms with van der Waals surface area (Å²) in [5, 5.41) is 0.948. The van der Waals surface area contributed by atoms with Crippen molar-refractivity contribution in [2.75, 3.05) is 25.1 Å². The molecule has 1 aromatic heterocycles. The highest BCUT2D eigenvalue weighted by atomic mass is 16.5. The van der Waals surface area contributed by atoms with Crippen molar-refractivity contribution in [2.45, 2.75) is 0 Å². The third-order valence-electron chi connectivity index (χ3n) is 3.36. The van der Waals surface area contributed by atoms with Gasteiger partial charge in [0.15, 0.2) is 11.5 Å². The minimum Gasteiger partial charge on any atom is -0.493 e. The zero-order chi connectivity index (χ0) is 15.4. The highest BCUT2D eigenvalue weighted by Crippen LogP contribution is 2.34. The molecule has 3 rings (SSSR count). The van der Waals surface area contributed by atoms with Gasteiger partial charge in [0.25, 0.3) is 0 Å². The van der Waals surface area contributed by atoms with Gasteiger partial charge in [0.2, 0.25) is 0 Å². The lowest BCUT2D eigenvalue weighted by atomic mass is 10.1. The van der Waals surface area contributed by atoms with Crippen LogP contribution in [0.1, 0.15) is 0 Å². The van der Waals surface area contributed by atoms with E-state index >= 15 is 0 Å². The minimum absolute atomic E-state index is 0.663. The van der Waals surface area contributed by atoms with E-state index in [2.05, 4.69) is 15.8 Å². The maximum absolute atomic E-state index is 5.36. The highest BCUT2D eigenvalue weighted by molar-refractivity contribution is 5.93. The monoisotopic (exact) mass is 295 g/mol. The lowest BCUT2D eigenvalue weighted by molar-refractivity contribution is 0.356. The molecule has 5 nitrogen and oxygen atoms in total. The fourth-order valence-corrected chi connectivity index (χ4v) is 2.24. The maximum Gasteiger partial charge on any atom is 0.162 e. The molecule has 0 aliphatic rings. The smallest absolute Gasteiger partial charge is 0.162 e. The Hall–Kier alpha value is -2.95. The molecular weight excluding hydrogens is 278 g/mol. The van der Waals surface area contributed by atoms with Crippen LogP contribution in [0.2, 0.25) is 0 Å². The molecule has 0 fully saturated rings. The largest absolute Gasteiger partial charge is 0.493 e. The quantitative estimate of drug-likeness (QED) is 0.703. The second kappa shape index (κ2) is 6.22. The predicted octanol–water partition coefficient (Wildman–Crippen LogP) is 3.69. The number of hydrogen-bond donors (Lipinski definition) is 2. The molecule has 0 atom stereocenters. The van der Waals surface area contributed by atoms with E-state index in [9.17, 15) is 0 Å². The second-order valence-corrected chi connectivity index (χ2v) is 4.70. The van der Waals surface area contributed by atoms with Crippen LogP contribution in [0.15, 0.2) is 54.7 Å². The Balaban J connectivity index is 1.95. The van der Waals surface area contributed by atoms with Crippen LogP contribution in [0, 0.1) is 0 Å². The van der Waals surface area contributed by atoms with Gasteiger partial charge in [-0.3, -0.25) is 4.98 Å². The van der Waals surface area contributed by atoms with Gasteiger partial charge in [-0.2, -0.15) is 0 Å². The Morgan fingerprint density at radius 1 is 0.864 bits per heavy atom. The van der Waals surface area contributed by atoms with Crippen LogP contribution >= 0.6 is 0 Å². The van der Waals surface area contributed by atoms with Gasteiger partial charge in [0.05, 0.1) is 31.1 Å². The van der Waals surface area contributed by atoms with Crippen molar-refractivity contribution in [2.24, 2.45) is 0 Å². The number of nitrogens with zero attached hydrogens (tertiary/aromatic N) is 1. The van der Waals surface area contributed by atoms with Gasteiger partial charge in [-0.15, -0.1) is 0 Å². The van der Waals surface area contributed by atoms with Gasteiger partial charge in [-0.05, 0) is 24.3 Å². The first-order valence-corrected chi connectivity index (χ1v) is 6.89. The van der Waals surface area contributed by atoms with E-state index < -0.39 is 0 Å². The molecule has 5 heteroatoms. The molecule has 112 valence electrons. The number of para-hydroxylation sites is 1. The third kappa shape index (κ3) is 2.74. The molecule has 0 aliphatic heterocycles. The number of rotatable bonds is 5. The van der Waals surface area contributed by atoms with Crippen LogP contribution in [-0.4, -0.2) is 19.2 Å². The molecule has 0 spiro atoms. The lowest BCUT2D eigenvalue weighted by Gasteiger charge is -2.14. The van der Waals surface area contributed by atoms with Gasteiger partial charge in [0, 0.05) is 17.6 Å². The van der Waals surface area contributed by atoms with Crippen molar-refractivity contribution >= 4 is 22.3 Å². The molecule has 0 aliphatic carbocycles. The molecule has 3 aromatic rings. The summed E-state index contributed by atoms with van der Waals surface area (Å²) in [7, 11) is 3.23. The standard InChI is InChI=1S/C17H17N3O2/c1-21-16-10-13-14(20-19-12-6-4-3-5-7-12)8-9-18-15(13)11-17(16)22-2/h3-11,19H,1-2H3,(H,18,20). The summed E-state index contributed by atoms with van der Waals surface area (Å²) in [4.78, 5) is 4.38. The Labute approximate surface area is 128 Å². The Morgan fingerprint density at radius 2 is 1.59 bits per heavy atom. The first-order valence-electron chi connectivity index (χ1n) is 6.89. The number of benzene rings is 2. The zero-order valence-corrected chi connectivity index (χ0v) is 12.5. The van der Waals surface area contributed by atoms with E-state index in [0.29, 0.717) is 11.5 Å². The lowest BCUT2D eigenvalue weighted by Crippen LogP contribution is -2.09. The second-order valence-electron chi connectivity index (χ2n) is 4.70. The molecule has 1 heterocycles. The number of methoxy groups -OCH3 is 2. The summed E-state index contributed by atoms with van der Waals surface area (Å²) in [6.45, 7) is 0. The van der Waals surface area contributed by atoms with Crippen LogP contribution < -0.4 is 20.3 Å². The van der Waals surface area contributed by atoms with Crippen molar-refractivity contribution in [3.63, 3.8) is 0 Å². The van der Waals surface area contributed by atoms with E-state index in [-0.39, 0.29) is 0 Å². The molecule has 0 saturated carbocycles. The number of ether oxygens (including phenoxy) is 2. The number of anilines is 2. The number of aromatic nitrogens is 1. The molecule has 22 heavy (non-hydrogen) atoms. The molecule has 0 unspecified atom stereocenters.